The molecular formula is C34H28N6O3. The van der Waals surface area contributed by atoms with E-state index in [2.05, 4.69) is 21.1 Å². The van der Waals surface area contributed by atoms with Gasteiger partial charge in [-0.15, -0.1) is 0 Å². The molecule has 9 nitrogen and oxygen atoms in total. The third-order valence-corrected chi connectivity index (χ3v) is 8.92. The first-order valence-corrected chi connectivity index (χ1v) is 14.4. The van der Waals surface area contributed by atoms with E-state index in [-0.39, 0.29) is 18.1 Å². The Balaban J connectivity index is 1.25. The minimum Gasteiger partial charge on any atom is -0.390 e. The fourth-order valence-corrected chi connectivity index (χ4v) is 7.08. The van der Waals surface area contributed by atoms with Crippen LogP contribution >= 0.6 is 0 Å². The molecule has 1 saturated carbocycles. The Morgan fingerprint density at radius 2 is 1.77 bits per heavy atom. The number of aliphatic hydroxyl groups is 1. The normalized spacial score (nSPS) is 24.9. The van der Waals surface area contributed by atoms with E-state index >= 15 is 0 Å². The van der Waals surface area contributed by atoms with Crippen LogP contribution in [0.3, 0.4) is 0 Å². The smallest absolute Gasteiger partial charge is 0.242 e. The summed E-state index contributed by atoms with van der Waals surface area (Å²) in [4.78, 5) is 41.9. The van der Waals surface area contributed by atoms with Crippen LogP contribution in [-0.4, -0.2) is 51.9 Å². The van der Waals surface area contributed by atoms with Crippen LogP contribution in [0.5, 0.6) is 0 Å². The lowest BCUT2D eigenvalue weighted by atomic mass is 9.61. The van der Waals surface area contributed by atoms with E-state index in [0.717, 1.165) is 50.2 Å². The van der Waals surface area contributed by atoms with Gasteiger partial charge in [0.25, 0.3) is 0 Å². The number of Topliss-reactive ketones (excluding diaryl/α,β-unsaturated/α-hetero) is 1. The number of carbonyl (C=O) groups is 2. The van der Waals surface area contributed by atoms with Gasteiger partial charge in [-0.1, -0.05) is 36.4 Å². The predicted molar refractivity (Wildman–Crippen MR) is 160 cm³/mol. The van der Waals surface area contributed by atoms with E-state index in [4.69, 9.17) is 4.98 Å². The van der Waals surface area contributed by atoms with Crippen LogP contribution in [0.1, 0.15) is 37.4 Å². The zero-order chi connectivity index (χ0) is 29.5. The van der Waals surface area contributed by atoms with Gasteiger partial charge in [0, 0.05) is 66.6 Å². The van der Waals surface area contributed by atoms with Crippen molar-refractivity contribution < 1.29 is 14.7 Å². The first-order valence-electron chi connectivity index (χ1n) is 14.4. The van der Waals surface area contributed by atoms with Crippen LogP contribution in [0, 0.1) is 12.8 Å². The molecule has 1 N–H and O–H groups in total. The highest BCUT2D eigenvalue weighted by Gasteiger charge is 2.59. The SMILES string of the molecule is Cc1cc2ncc3cc(-c4ccncc4)c(-c4ccc(C5(N6C=C7C=CCC(=O)C7C6=O)CC(C)(O)C5)cc4)nc3n2n1. The Bertz CT molecular complexity index is 2030. The van der Waals surface area contributed by atoms with Crippen LogP contribution in [0.15, 0.2) is 91.0 Å². The quantitative estimate of drug-likeness (QED) is 0.306. The molecule has 212 valence electrons. The summed E-state index contributed by atoms with van der Waals surface area (Å²) in [6.45, 7) is 3.72. The third-order valence-electron chi connectivity index (χ3n) is 8.92. The van der Waals surface area contributed by atoms with Gasteiger partial charge in [-0.05, 0) is 48.7 Å². The summed E-state index contributed by atoms with van der Waals surface area (Å²) in [6, 6.07) is 16.0. The molecule has 1 aliphatic heterocycles. The number of hydrogen-bond acceptors (Lipinski definition) is 7. The molecule has 9 heteroatoms. The van der Waals surface area contributed by atoms with Gasteiger partial charge in [-0.25, -0.2) is 9.97 Å². The molecule has 1 fully saturated rings. The standard InChI is InChI=1S/C34H28N6O3/c1-20-14-28-36-16-24-15-26(21-10-12-35-13-11-21)30(37-31(24)40(28)38-20)22-6-8-25(9-7-22)34(18-33(2,43)19-34)39-17-23-4-3-5-27(41)29(23)32(39)42/h3-4,6-17,29,43H,5,18-19H2,1-2H3. The van der Waals surface area contributed by atoms with E-state index in [1.165, 1.54) is 0 Å². The van der Waals surface area contributed by atoms with Crippen molar-refractivity contribution in [1.82, 2.24) is 29.5 Å². The van der Waals surface area contributed by atoms with Crippen molar-refractivity contribution >= 4 is 28.4 Å². The number of pyridine rings is 2. The Morgan fingerprint density at radius 3 is 2.49 bits per heavy atom. The van der Waals surface area contributed by atoms with Gasteiger partial charge in [-0.2, -0.15) is 9.61 Å². The van der Waals surface area contributed by atoms with E-state index in [0.29, 0.717) is 18.5 Å². The second-order valence-electron chi connectivity index (χ2n) is 12.1. The lowest BCUT2D eigenvalue weighted by molar-refractivity contribution is -0.159. The lowest BCUT2D eigenvalue weighted by Crippen LogP contribution is -2.61. The van der Waals surface area contributed by atoms with Crippen molar-refractivity contribution in [3.63, 3.8) is 0 Å². The maximum atomic E-state index is 13.6. The van der Waals surface area contributed by atoms with Gasteiger partial charge in [0.15, 0.2) is 17.1 Å². The number of nitrogens with zero attached hydrogens (tertiary/aromatic N) is 6. The van der Waals surface area contributed by atoms with Crippen molar-refractivity contribution in [3.8, 4) is 22.4 Å². The zero-order valence-electron chi connectivity index (χ0n) is 23.7. The van der Waals surface area contributed by atoms with Gasteiger partial charge in [-0.3, -0.25) is 14.6 Å². The Morgan fingerprint density at radius 1 is 1.00 bits per heavy atom. The number of aromatic nitrogens is 5. The fraction of sp³-hybridized carbons (Fsp3) is 0.235. The number of amides is 1. The highest BCUT2D eigenvalue weighted by Crippen LogP contribution is 2.55. The number of rotatable bonds is 4. The number of benzene rings is 1. The van der Waals surface area contributed by atoms with Crippen LogP contribution in [0.4, 0.5) is 0 Å². The predicted octanol–water partition coefficient (Wildman–Crippen LogP) is 4.93. The largest absolute Gasteiger partial charge is 0.390 e. The molecule has 1 unspecified atom stereocenters. The van der Waals surface area contributed by atoms with Crippen molar-refractivity contribution in [2.24, 2.45) is 5.92 Å². The minimum atomic E-state index is -0.916. The molecule has 1 atom stereocenters. The van der Waals surface area contributed by atoms with Gasteiger partial charge in [0.2, 0.25) is 5.91 Å². The number of hydrogen-bond donors (Lipinski definition) is 1. The van der Waals surface area contributed by atoms with Crippen LogP contribution in [0.25, 0.3) is 39.1 Å². The third kappa shape index (κ3) is 3.88. The van der Waals surface area contributed by atoms with E-state index in [9.17, 15) is 14.7 Å². The Labute approximate surface area is 247 Å². The summed E-state index contributed by atoms with van der Waals surface area (Å²) in [6.07, 6.45) is 11.8. The molecule has 3 aliphatic rings. The lowest BCUT2D eigenvalue weighted by Gasteiger charge is -2.56. The molecule has 1 aromatic carbocycles. The molecule has 43 heavy (non-hydrogen) atoms. The van der Waals surface area contributed by atoms with Gasteiger partial charge in [0.1, 0.15) is 5.92 Å². The second-order valence-corrected chi connectivity index (χ2v) is 12.1. The topological polar surface area (TPSA) is 114 Å². The van der Waals surface area contributed by atoms with E-state index in [1.54, 1.807) is 28.7 Å². The summed E-state index contributed by atoms with van der Waals surface area (Å²) in [7, 11) is 0. The molecule has 0 bridgehead atoms. The van der Waals surface area contributed by atoms with Gasteiger partial charge in [0.05, 0.1) is 22.5 Å². The molecule has 5 heterocycles. The van der Waals surface area contributed by atoms with Gasteiger partial charge < -0.3 is 10.0 Å². The van der Waals surface area contributed by atoms with Gasteiger partial charge >= 0.3 is 0 Å². The number of allylic oxidation sites excluding steroid dienone is 2. The molecule has 4 aromatic heterocycles. The molecule has 0 radical (unpaired) electrons. The summed E-state index contributed by atoms with van der Waals surface area (Å²) in [5.41, 5.74) is 5.84. The van der Waals surface area contributed by atoms with Crippen molar-refractivity contribution in [1.29, 1.82) is 0 Å². The van der Waals surface area contributed by atoms with Crippen LogP contribution < -0.4 is 0 Å². The minimum absolute atomic E-state index is 0.0828. The summed E-state index contributed by atoms with van der Waals surface area (Å²) < 4.78 is 1.77. The average Bonchev–Trinajstić information content (AvgIpc) is 3.55. The maximum absolute atomic E-state index is 13.6. The molecule has 0 spiro atoms. The Hall–Kier alpha value is -5.02. The van der Waals surface area contributed by atoms with Crippen LogP contribution in [-0.2, 0) is 15.1 Å². The molecule has 2 aliphatic carbocycles. The second kappa shape index (κ2) is 8.99. The van der Waals surface area contributed by atoms with Crippen molar-refractivity contribution in [3.05, 3.63) is 102 Å². The highest BCUT2D eigenvalue weighted by atomic mass is 16.3. The van der Waals surface area contributed by atoms with Crippen molar-refractivity contribution in [2.45, 2.75) is 44.2 Å². The molecule has 1 amide bonds. The summed E-state index contributed by atoms with van der Waals surface area (Å²) in [5.74, 6) is -1.05. The average molecular weight is 569 g/mol. The molecule has 5 aromatic rings. The van der Waals surface area contributed by atoms with E-state index < -0.39 is 17.1 Å². The zero-order valence-corrected chi connectivity index (χ0v) is 23.7. The number of fused-ring (bicyclic) bond motifs is 4. The van der Waals surface area contributed by atoms with E-state index in [1.807, 2.05) is 73.9 Å². The van der Waals surface area contributed by atoms with Crippen molar-refractivity contribution in [2.75, 3.05) is 0 Å². The number of ketones is 1. The number of carbonyl (C=O) groups excluding carboxylic acids is 2. The maximum Gasteiger partial charge on any atom is 0.242 e. The Kier molecular flexibility index (Phi) is 5.37. The molecular weight excluding hydrogens is 540 g/mol. The molecule has 8 rings (SSSR count). The monoisotopic (exact) mass is 568 g/mol. The first-order chi connectivity index (χ1) is 20.7. The highest BCUT2D eigenvalue weighted by molar-refractivity contribution is 6.08. The van der Waals surface area contributed by atoms with Crippen LogP contribution in [0.2, 0.25) is 0 Å². The fourth-order valence-electron chi connectivity index (χ4n) is 7.08. The molecule has 0 saturated heterocycles. The first kappa shape index (κ1) is 25.7. The summed E-state index contributed by atoms with van der Waals surface area (Å²) in [5, 5.41) is 16.4. The number of aryl methyl sites for hydroxylation is 1. The summed E-state index contributed by atoms with van der Waals surface area (Å²) >= 11 is 0.